The lowest BCUT2D eigenvalue weighted by atomic mass is 9.81. The summed E-state index contributed by atoms with van der Waals surface area (Å²) in [5, 5.41) is 0. The first-order valence-corrected chi connectivity index (χ1v) is 13.0. The maximum absolute atomic E-state index is 12.9. The van der Waals surface area contributed by atoms with E-state index in [2.05, 4.69) is 13.8 Å². The minimum atomic E-state index is -0.559. The van der Waals surface area contributed by atoms with E-state index in [1.807, 2.05) is 18.2 Å². The fraction of sp³-hybridized carbons (Fsp3) is 0.448. The summed E-state index contributed by atoms with van der Waals surface area (Å²) in [5.74, 6) is -1.43. The highest BCUT2D eigenvalue weighted by Crippen LogP contribution is 2.40. The van der Waals surface area contributed by atoms with E-state index in [-0.39, 0.29) is 36.0 Å². The Bertz CT molecular complexity index is 1160. The monoisotopic (exact) mass is 488 g/mol. The van der Waals surface area contributed by atoms with Gasteiger partial charge in [-0.1, -0.05) is 44.9 Å². The van der Waals surface area contributed by atoms with Crippen LogP contribution >= 0.6 is 0 Å². The number of hydrogen-bond acceptors (Lipinski definition) is 5. The summed E-state index contributed by atoms with van der Waals surface area (Å²) in [6, 6.07) is 12.6. The number of para-hydroxylation sites is 1. The Morgan fingerprint density at radius 1 is 0.889 bits per heavy atom. The van der Waals surface area contributed by atoms with Gasteiger partial charge in [0.25, 0.3) is 0 Å². The van der Waals surface area contributed by atoms with E-state index in [1.54, 1.807) is 29.2 Å². The van der Waals surface area contributed by atoms with Gasteiger partial charge in [-0.15, -0.1) is 0 Å². The normalized spacial score (nSPS) is 23.8. The van der Waals surface area contributed by atoms with Crippen molar-refractivity contribution in [1.29, 1.82) is 0 Å². The van der Waals surface area contributed by atoms with E-state index < -0.39 is 11.9 Å². The van der Waals surface area contributed by atoms with Crippen molar-refractivity contribution in [3.63, 3.8) is 0 Å². The van der Waals surface area contributed by atoms with Gasteiger partial charge in [0.15, 0.2) is 0 Å². The molecule has 3 fully saturated rings. The topological polar surface area (TPSA) is 84.0 Å². The molecule has 2 aromatic carbocycles. The Morgan fingerprint density at radius 3 is 2.03 bits per heavy atom. The summed E-state index contributed by atoms with van der Waals surface area (Å²) < 4.78 is 5.60. The fourth-order valence-corrected chi connectivity index (χ4v) is 5.92. The molecule has 36 heavy (non-hydrogen) atoms. The molecule has 0 unspecified atom stereocenters. The van der Waals surface area contributed by atoms with E-state index in [1.165, 1.54) is 4.90 Å². The highest BCUT2D eigenvalue weighted by molar-refractivity contribution is 6.22. The zero-order valence-corrected chi connectivity index (χ0v) is 20.9. The Hall–Kier alpha value is -3.48. The molecule has 3 aliphatic rings. The number of nitrogens with zero attached hydrogens (tertiary/aromatic N) is 2. The minimum absolute atomic E-state index is 0.0737. The summed E-state index contributed by atoms with van der Waals surface area (Å²) in [5.41, 5.74) is 3.62. The summed E-state index contributed by atoms with van der Waals surface area (Å²) in [6.07, 6.45) is 5.21. The maximum Gasteiger partial charge on any atom is 0.316 e. The molecule has 3 amide bonds. The summed E-state index contributed by atoms with van der Waals surface area (Å²) in [7, 11) is 0. The van der Waals surface area contributed by atoms with Gasteiger partial charge in [0.2, 0.25) is 17.7 Å². The molecule has 0 N–H and O–H groups in total. The lowest BCUT2D eigenvalue weighted by molar-refractivity contribution is -0.139. The first-order valence-electron chi connectivity index (χ1n) is 13.0. The number of imide groups is 1. The second kappa shape index (κ2) is 9.88. The molecule has 5 rings (SSSR count). The lowest BCUT2D eigenvalue weighted by Crippen LogP contribution is -2.30. The number of hydrogen-bond donors (Lipinski definition) is 0. The highest BCUT2D eigenvalue weighted by atomic mass is 16.5. The van der Waals surface area contributed by atoms with Gasteiger partial charge in [0.05, 0.1) is 23.4 Å². The molecule has 2 heterocycles. The van der Waals surface area contributed by atoms with Crippen LogP contribution in [0.25, 0.3) is 0 Å². The number of anilines is 2. The average Bonchev–Trinajstić information content (AvgIpc) is 3.41. The second-order valence-corrected chi connectivity index (χ2v) is 9.96. The predicted octanol–water partition coefficient (Wildman–Crippen LogP) is 4.45. The summed E-state index contributed by atoms with van der Waals surface area (Å²) in [4.78, 5) is 54.5. The molecule has 0 aromatic heterocycles. The SMILES string of the molecule is CCc1cccc(CC)c1N1C[C@H](C(=O)Oc2ccc(N3C(=O)[C@H]4CCCC[C@H]4C3=O)cc2)CC1=O. The number of aryl methyl sites for hydroxylation is 2. The molecule has 2 aliphatic heterocycles. The van der Waals surface area contributed by atoms with E-state index in [0.29, 0.717) is 18.0 Å². The number of ether oxygens (including phenoxy) is 1. The van der Waals surface area contributed by atoms with Crippen molar-refractivity contribution >= 4 is 35.1 Å². The van der Waals surface area contributed by atoms with Crippen LogP contribution in [0.1, 0.15) is 57.1 Å². The number of carbonyl (C=O) groups is 4. The minimum Gasteiger partial charge on any atom is -0.426 e. The maximum atomic E-state index is 12.9. The third kappa shape index (κ3) is 4.21. The van der Waals surface area contributed by atoms with Crippen molar-refractivity contribution in [2.45, 2.75) is 58.8 Å². The molecule has 0 bridgehead atoms. The predicted molar refractivity (Wildman–Crippen MR) is 136 cm³/mol. The van der Waals surface area contributed by atoms with Crippen LogP contribution in [0, 0.1) is 17.8 Å². The second-order valence-electron chi connectivity index (χ2n) is 9.96. The first kappa shape index (κ1) is 24.2. The molecule has 1 aliphatic carbocycles. The van der Waals surface area contributed by atoms with Crippen LogP contribution in [0.15, 0.2) is 42.5 Å². The molecule has 0 radical (unpaired) electrons. The van der Waals surface area contributed by atoms with Crippen molar-refractivity contribution in [2.24, 2.45) is 17.8 Å². The summed E-state index contributed by atoms with van der Waals surface area (Å²) in [6.45, 7) is 4.41. The fourth-order valence-electron chi connectivity index (χ4n) is 5.92. The Morgan fingerprint density at radius 2 is 1.47 bits per heavy atom. The van der Waals surface area contributed by atoms with Gasteiger partial charge < -0.3 is 9.64 Å². The number of carbonyl (C=O) groups excluding carboxylic acids is 4. The van der Waals surface area contributed by atoms with Crippen LogP contribution in [-0.4, -0.2) is 30.2 Å². The molecule has 7 heteroatoms. The zero-order chi connectivity index (χ0) is 25.4. The van der Waals surface area contributed by atoms with Crippen LogP contribution in [-0.2, 0) is 32.0 Å². The van der Waals surface area contributed by atoms with Gasteiger partial charge in [-0.05, 0) is 61.1 Å². The molecule has 1 saturated carbocycles. The number of rotatable bonds is 6. The standard InChI is InChI=1S/C29H32N2O5/c1-3-18-8-7-9-19(4-2)26(18)30-17-20(16-25(30)32)29(35)36-22-14-12-21(13-15-22)31-27(33)23-10-5-6-11-24(23)28(31)34/h7-9,12-15,20,23-24H,3-6,10-11,16-17H2,1-2H3/t20-,23-,24+/m1/s1. The van der Waals surface area contributed by atoms with Gasteiger partial charge >= 0.3 is 5.97 Å². The van der Waals surface area contributed by atoms with E-state index in [9.17, 15) is 19.2 Å². The van der Waals surface area contributed by atoms with Crippen LogP contribution in [0.3, 0.4) is 0 Å². The first-order chi connectivity index (χ1) is 17.4. The molecule has 2 aromatic rings. The van der Waals surface area contributed by atoms with Crippen molar-refractivity contribution in [1.82, 2.24) is 0 Å². The summed E-state index contributed by atoms with van der Waals surface area (Å²) >= 11 is 0. The van der Waals surface area contributed by atoms with Gasteiger partial charge in [-0.2, -0.15) is 0 Å². The quantitative estimate of drug-likeness (QED) is 0.341. The molecular formula is C29H32N2O5. The zero-order valence-electron chi connectivity index (χ0n) is 20.9. The van der Waals surface area contributed by atoms with Crippen LogP contribution in [0.2, 0.25) is 0 Å². The van der Waals surface area contributed by atoms with E-state index >= 15 is 0 Å². The molecule has 3 atom stereocenters. The van der Waals surface area contributed by atoms with E-state index in [4.69, 9.17) is 4.74 Å². The number of fused-ring (bicyclic) bond motifs is 1. The number of esters is 1. The Kier molecular flexibility index (Phi) is 6.65. The molecule has 0 spiro atoms. The lowest BCUT2D eigenvalue weighted by Gasteiger charge is -2.23. The van der Waals surface area contributed by atoms with Gasteiger partial charge in [-0.25, -0.2) is 0 Å². The van der Waals surface area contributed by atoms with Gasteiger partial charge in [0.1, 0.15) is 5.75 Å². The number of amides is 3. The molecule has 2 saturated heterocycles. The van der Waals surface area contributed by atoms with Crippen LogP contribution in [0.5, 0.6) is 5.75 Å². The molecule has 188 valence electrons. The van der Waals surface area contributed by atoms with Crippen LogP contribution in [0.4, 0.5) is 11.4 Å². The smallest absolute Gasteiger partial charge is 0.316 e. The number of benzene rings is 2. The van der Waals surface area contributed by atoms with Gasteiger partial charge in [-0.3, -0.25) is 24.1 Å². The van der Waals surface area contributed by atoms with Crippen molar-refractivity contribution in [3.05, 3.63) is 53.6 Å². The Labute approximate surface area is 211 Å². The van der Waals surface area contributed by atoms with Crippen molar-refractivity contribution in [3.8, 4) is 5.75 Å². The van der Waals surface area contributed by atoms with Crippen LogP contribution < -0.4 is 14.5 Å². The Balaban J connectivity index is 1.27. The van der Waals surface area contributed by atoms with Crippen molar-refractivity contribution in [2.75, 3.05) is 16.3 Å². The van der Waals surface area contributed by atoms with Gasteiger partial charge in [0, 0.05) is 18.7 Å². The largest absolute Gasteiger partial charge is 0.426 e. The van der Waals surface area contributed by atoms with E-state index in [0.717, 1.165) is 55.3 Å². The third-order valence-corrected chi connectivity index (χ3v) is 7.85. The molecule has 7 nitrogen and oxygen atoms in total. The highest BCUT2D eigenvalue weighted by Gasteiger charge is 2.48. The molecular weight excluding hydrogens is 456 g/mol. The average molecular weight is 489 g/mol. The third-order valence-electron chi connectivity index (χ3n) is 7.85. The van der Waals surface area contributed by atoms with Crippen molar-refractivity contribution < 1.29 is 23.9 Å².